The van der Waals surface area contributed by atoms with Crippen molar-refractivity contribution < 1.29 is 19.0 Å². The van der Waals surface area contributed by atoms with Crippen LogP contribution in [-0.2, 0) is 0 Å². The first kappa shape index (κ1) is 18.0. The van der Waals surface area contributed by atoms with Crippen LogP contribution in [0, 0.1) is 5.82 Å². The number of rotatable bonds is 4. The molecule has 1 aromatic heterocycles. The predicted molar refractivity (Wildman–Crippen MR) is 101 cm³/mol. The molecule has 2 heterocycles. The molecular weight excluding hydrogens is 387 g/mol. The van der Waals surface area contributed by atoms with E-state index in [0.29, 0.717) is 10.7 Å². The van der Waals surface area contributed by atoms with Crippen molar-refractivity contribution in [2.75, 3.05) is 4.90 Å². The maximum atomic E-state index is 13.1. The van der Waals surface area contributed by atoms with E-state index >= 15 is 0 Å². The highest BCUT2D eigenvalue weighted by Gasteiger charge is 2.31. The van der Waals surface area contributed by atoms with E-state index in [1.54, 1.807) is 35.4 Å². The second-order valence-corrected chi connectivity index (χ2v) is 6.39. The molecular formula is C19H14ClFN4O3. The first-order valence-corrected chi connectivity index (χ1v) is 8.58. The lowest BCUT2D eigenvalue weighted by Crippen LogP contribution is -2.26. The molecule has 1 aliphatic rings. The molecule has 1 atom stereocenters. The molecule has 0 aliphatic carbocycles. The number of hydrogen-bond acceptors (Lipinski definition) is 5. The summed E-state index contributed by atoms with van der Waals surface area (Å²) in [6.45, 7) is 0. The first-order chi connectivity index (χ1) is 13.4. The standard InChI is InChI=1S/C19H14ClFN4O3/c20-11-1-5-13(6-2-11)24-10-9-15(26)25-16(17(22)27)18(23-19(24)25)28-14-7-3-12(21)4-8-14/h1-10,15,26H,(H2,22,27). The van der Waals surface area contributed by atoms with Crippen molar-refractivity contribution in [3.8, 4) is 11.6 Å². The number of fused-ring (bicyclic) bond motifs is 1. The van der Waals surface area contributed by atoms with Crippen molar-refractivity contribution in [2.45, 2.75) is 6.23 Å². The quantitative estimate of drug-likeness (QED) is 0.696. The van der Waals surface area contributed by atoms with Crippen LogP contribution in [0.15, 0.2) is 60.8 Å². The van der Waals surface area contributed by atoms with Crippen LogP contribution < -0.4 is 15.4 Å². The number of halogens is 2. The SMILES string of the molecule is NC(=O)c1c(Oc2ccc(F)cc2)nc2n1C(O)C=CN2c1ccc(Cl)cc1. The molecule has 3 aromatic rings. The lowest BCUT2D eigenvalue weighted by Gasteiger charge is -2.27. The fraction of sp³-hybridized carbons (Fsp3) is 0.0526. The Labute approximate surface area is 164 Å². The van der Waals surface area contributed by atoms with Crippen molar-refractivity contribution in [2.24, 2.45) is 5.73 Å². The number of ether oxygens (including phenoxy) is 1. The third kappa shape index (κ3) is 3.19. The van der Waals surface area contributed by atoms with E-state index in [9.17, 15) is 14.3 Å². The van der Waals surface area contributed by atoms with Gasteiger partial charge in [0.2, 0.25) is 5.95 Å². The summed E-state index contributed by atoms with van der Waals surface area (Å²) in [6.07, 6.45) is 1.92. The molecule has 1 amide bonds. The molecule has 0 spiro atoms. The van der Waals surface area contributed by atoms with E-state index in [2.05, 4.69) is 4.98 Å². The van der Waals surface area contributed by atoms with Gasteiger partial charge in [0.25, 0.3) is 11.8 Å². The number of carbonyl (C=O) groups is 1. The van der Waals surface area contributed by atoms with E-state index < -0.39 is 18.0 Å². The van der Waals surface area contributed by atoms with E-state index in [1.165, 1.54) is 34.9 Å². The van der Waals surface area contributed by atoms with Crippen LogP contribution in [0.5, 0.6) is 11.6 Å². The second-order valence-electron chi connectivity index (χ2n) is 5.96. The van der Waals surface area contributed by atoms with Crippen LogP contribution in [-0.4, -0.2) is 20.6 Å². The number of imidazole rings is 1. The Morgan fingerprint density at radius 1 is 1.18 bits per heavy atom. The topological polar surface area (TPSA) is 93.6 Å². The van der Waals surface area contributed by atoms with Gasteiger partial charge < -0.3 is 15.6 Å². The maximum absolute atomic E-state index is 13.1. The van der Waals surface area contributed by atoms with E-state index in [4.69, 9.17) is 22.1 Å². The van der Waals surface area contributed by atoms with Gasteiger partial charge in [0.1, 0.15) is 11.6 Å². The van der Waals surface area contributed by atoms with E-state index in [0.717, 1.165) is 0 Å². The Bertz CT molecular complexity index is 1060. The molecule has 142 valence electrons. The second kappa shape index (κ2) is 6.99. The van der Waals surface area contributed by atoms with Gasteiger partial charge in [-0.2, -0.15) is 4.98 Å². The van der Waals surface area contributed by atoms with Crippen molar-refractivity contribution in [1.82, 2.24) is 9.55 Å². The number of anilines is 2. The summed E-state index contributed by atoms with van der Waals surface area (Å²) in [5.41, 5.74) is 6.10. The van der Waals surface area contributed by atoms with Crippen molar-refractivity contribution >= 4 is 29.1 Å². The smallest absolute Gasteiger partial charge is 0.271 e. The molecule has 3 N–H and O–H groups in total. The minimum atomic E-state index is -1.17. The van der Waals surface area contributed by atoms with Crippen LogP contribution in [0.25, 0.3) is 0 Å². The lowest BCUT2D eigenvalue weighted by molar-refractivity contribution is 0.0959. The maximum Gasteiger partial charge on any atom is 0.271 e. The average molecular weight is 401 g/mol. The highest BCUT2D eigenvalue weighted by atomic mass is 35.5. The van der Waals surface area contributed by atoms with Crippen molar-refractivity contribution in [3.63, 3.8) is 0 Å². The van der Waals surface area contributed by atoms with Crippen molar-refractivity contribution in [1.29, 1.82) is 0 Å². The summed E-state index contributed by atoms with van der Waals surface area (Å²) >= 11 is 5.94. The third-order valence-electron chi connectivity index (χ3n) is 4.11. The highest BCUT2D eigenvalue weighted by Crippen LogP contribution is 2.38. The van der Waals surface area contributed by atoms with Gasteiger partial charge in [-0.1, -0.05) is 11.6 Å². The first-order valence-electron chi connectivity index (χ1n) is 8.20. The number of aliphatic hydroxyl groups is 1. The number of nitrogens with two attached hydrogens (primary N) is 1. The molecule has 0 saturated carbocycles. The Kier molecular flexibility index (Phi) is 4.50. The van der Waals surface area contributed by atoms with Crippen LogP contribution in [0.1, 0.15) is 16.7 Å². The van der Waals surface area contributed by atoms with E-state index in [1.807, 2.05) is 0 Å². The molecule has 1 unspecified atom stereocenters. The average Bonchev–Trinajstić information content (AvgIpc) is 3.05. The minimum absolute atomic E-state index is 0.101. The molecule has 4 rings (SSSR count). The van der Waals surface area contributed by atoms with Crippen LogP contribution in [0.2, 0.25) is 5.02 Å². The molecule has 2 aromatic carbocycles. The number of aromatic nitrogens is 2. The van der Waals surface area contributed by atoms with Gasteiger partial charge in [-0.15, -0.1) is 0 Å². The molecule has 0 bridgehead atoms. The number of primary amides is 1. The monoisotopic (exact) mass is 400 g/mol. The van der Waals surface area contributed by atoms with E-state index in [-0.39, 0.29) is 23.3 Å². The number of hydrogen-bond donors (Lipinski definition) is 2. The summed E-state index contributed by atoms with van der Waals surface area (Å²) in [7, 11) is 0. The molecule has 0 radical (unpaired) electrons. The fourth-order valence-electron chi connectivity index (χ4n) is 2.85. The summed E-state index contributed by atoms with van der Waals surface area (Å²) in [5.74, 6) is -0.875. The lowest BCUT2D eigenvalue weighted by atomic mass is 10.3. The Hall–Kier alpha value is -3.36. The van der Waals surface area contributed by atoms with Gasteiger partial charge in [-0.25, -0.2) is 4.39 Å². The summed E-state index contributed by atoms with van der Waals surface area (Å²) in [5, 5.41) is 11.0. The Morgan fingerprint density at radius 2 is 1.86 bits per heavy atom. The number of carbonyl (C=O) groups excluding carboxylic acids is 1. The zero-order valence-electron chi connectivity index (χ0n) is 14.3. The van der Waals surface area contributed by atoms with Crippen molar-refractivity contribution in [3.05, 3.63) is 77.3 Å². The summed E-state index contributed by atoms with van der Waals surface area (Å²) < 4.78 is 20.0. The molecule has 0 fully saturated rings. The number of benzene rings is 2. The van der Waals surface area contributed by atoms with Gasteiger partial charge in [-0.3, -0.25) is 14.3 Å². The van der Waals surface area contributed by atoms with Crippen LogP contribution >= 0.6 is 11.6 Å². The Morgan fingerprint density at radius 3 is 2.50 bits per heavy atom. The number of nitrogens with zero attached hydrogens (tertiary/aromatic N) is 3. The molecule has 7 nitrogen and oxygen atoms in total. The minimum Gasteiger partial charge on any atom is -0.437 e. The largest absolute Gasteiger partial charge is 0.437 e. The number of amides is 1. The van der Waals surface area contributed by atoms with Gasteiger partial charge in [0.05, 0.1) is 0 Å². The zero-order valence-corrected chi connectivity index (χ0v) is 15.0. The number of aliphatic hydroxyl groups excluding tert-OH is 1. The third-order valence-corrected chi connectivity index (χ3v) is 4.37. The molecule has 1 aliphatic heterocycles. The van der Waals surface area contributed by atoms with Gasteiger partial charge in [0, 0.05) is 16.9 Å². The van der Waals surface area contributed by atoms with Crippen LogP contribution in [0.4, 0.5) is 16.0 Å². The Balaban J connectivity index is 1.81. The highest BCUT2D eigenvalue weighted by molar-refractivity contribution is 6.30. The van der Waals surface area contributed by atoms with Gasteiger partial charge in [-0.05, 0) is 54.6 Å². The zero-order chi connectivity index (χ0) is 19.8. The summed E-state index contributed by atoms with van der Waals surface area (Å²) in [6, 6.07) is 12.1. The van der Waals surface area contributed by atoms with Crippen LogP contribution in [0.3, 0.4) is 0 Å². The van der Waals surface area contributed by atoms with Gasteiger partial charge >= 0.3 is 0 Å². The predicted octanol–water partition coefficient (Wildman–Crippen LogP) is 3.72. The molecule has 0 saturated heterocycles. The van der Waals surface area contributed by atoms with Gasteiger partial charge in [0.15, 0.2) is 11.9 Å². The molecule has 28 heavy (non-hydrogen) atoms. The fourth-order valence-corrected chi connectivity index (χ4v) is 2.98. The molecule has 9 heteroatoms. The summed E-state index contributed by atoms with van der Waals surface area (Å²) in [4.78, 5) is 18.1. The normalized spacial score (nSPS) is 15.4.